The van der Waals surface area contributed by atoms with Crippen molar-refractivity contribution in [2.45, 2.75) is 12.5 Å². The summed E-state index contributed by atoms with van der Waals surface area (Å²) in [5.41, 5.74) is 6.52. The number of hydrogen-bond acceptors (Lipinski definition) is 5. The summed E-state index contributed by atoms with van der Waals surface area (Å²) < 4.78 is 26.5. The van der Waals surface area contributed by atoms with Crippen molar-refractivity contribution in [1.82, 2.24) is 14.2 Å². The quantitative estimate of drug-likeness (QED) is 0.795. The van der Waals surface area contributed by atoms with E-state index in [0.717, 1.165) is 12.2 Å². The second-order valence-corrected chi connectivity index (χ2v) is 7.19. The molecule has 1 aromatic heterocycles. The monoisotopic (exact) mass is 298 g/mol. The number of aromatic nitrogens is 1. The molecule has 6 nitrogen and oxygen atoms in total. The Labute approximate surface area is 120 Å². The van der Waals surface area contributed by atoms with Crippen LogP contribution in [0.3, 0.4) is 0 Å². The number of nitrogens with zero attached hydrogens (tertiary/aromatic N) is 3. The number of aryl methyl sites for hydroxylation is 1. The Hall–Kier alpha value is -1.02. The fourth-order valence-electron chi connectivity index (χ4n) is 2.45. The van der Waals surface area contributed by atoms with Gasteiger partial charge in [0.1, 0.15) is 0 Å². The summed E-state index contributed by atoms with van der Waals surface area (Å²) in [6, 6.07) is 5.42. The van der Waals surface area contributed by atoms with Crippen molar-refractivity contribution in [1.29, 1.82) is 0 Å². The normalized spacial score (nSPS) is 22.0. The molecular formula is C13H22N4O2S. The van der Waals surface area contributed by atoms with Gasteiger partial charge < -0.3 is 10.6 Å². The Kier molecular flexibility index (Phi) is 5.09. The lowest BCUT2D eigenvalue weighted by atomic mass is 10.2. The third-order valence-corrected chi connectivity index (χ3v) is 5.52. The summed E-state index contributed by atoms with van der Waals surface area (Å²) in [5.74, 6) is 0.0875. The average molecular weight is 298 g/mol. The first-order valence-electron chi connectivity index (χ1n) is 6.81. The summed E-state index contributed by atoms with van der Waals surface area (Å²) in [6.45, 7) is 2.31. The highest BCUT2D eigenvalue weighted by Gasteiger charge is 2.32. The second-order valence-electron chi connectivity index (χ2n) is 5.15. The minimum absolute atomic E-state index is 0.0875. The molecule has 1 aromatic rings. The smallest absolute Gasteiger partial charge is 0.214 e. The number of pyridine rings is 1. The molecule has 0 spiro atoms. The van der Waals surface area contributed by atoms with Crippen LogP contribution in [0.15, 0.2) is 24.4 Å². The molecule has 1 unspecified atom stereocenters. The topological polar surface area (TPSA) is 79.5 Å². The van der Waals surface area contributed by atoms with Crippen molar-refractivity contribution >= 4 is 10.0 Å². The molecule has 1 saturated heterocycles. The molecule has 0 amide bonds. The fraction of sp³-hybridized carbons (Fsp3) is 0.615. The standard InChI is InChI=1S/C13H22N4O2S/c1-16-7-8-17(13(10-14)11-16)20(18,19)9-5-12-4-2-3-6-15-12/h2-4,6,13H,5,7-11,14H2,1H3. The molecule has 0 aliphatic carbocycles. The lowest BCUT2D eigenvalue weighted by molar-refractivity contribution is 0.164. The van der Waals surface area contributed by atoms with Gasteiger partial charge in [0.25, 0.3) is 0 Å². The molecule has 2 N–H and O–H groups in total. The van der Waals surface area contributed by atoms with E-state index >= 15 is 0 Å². The van der Waals surface area contributed by atoms with Crippen molar-refractivity contribution < 1.29 is 8.42 Å². The van der Waals surface area contributed by atoms with E-state index in [1.165, 1.54) is 0 Å². The van der Waals surface area contributed by atoms with Gasteiger partial charge in [-0.1, -0.05) is 6.07 Å². The number of rotatable bonds is 5. The molecule has 1 aliphatic rings. The SMILES string of the molecule is CN1CCN(S(=O)(=O)CCc2ccccn2)C(CN)C1. The van der Waals surface area contributed by atoms with Crippen LogP contribution < -0.4 is 5.73 Å². The first kappa shape index (κ1) is 15.4. The Morgan fingerprint density at radius 1 is 1.40 bits per heavy atom. The van der Waals surface area contributed by atoms with E-state index in [4.69, 9.17) is 5.73 Å². The maximum Gasteiger partial charge on any atom is 0.214 e. The predicted molar refractivity (Wildman–Crippen MR) is 78.8 cm³/mol. The number of nitrogens with two attached hydrogens (primary N) is 1. The van der Waals surface area contributed by atoms with Gasteiger partial charge in [-0.3, -0.25) is 4.98 Å². The van der Waals surface area contributed by atoms with Gasteiger partial charge in [0.05, 0.1) is 5.75 Å². The van der Waals surface area contributed by atoms with Gasteiger partial charge in [-0.25, -0.2) is 8.42 Å². The van der Waals surface area contributed by atoms with E-state index in [-0.39, 0.29) is 11.8 Å². The highest BCUT2D eigenvalue weighted by molar-refractivity contribution is 7.89. The highest BCUT2D eigenvalue weighted by Crippen LogP contribution is 2.14. The van der Waals surface area contributed by atoms with Crippen LogP contribution in [0.1, 0.15) is 5.69 Å². The molecule has 0 aromatic carbocycles. The molecule has 2 heterocycles. The molecule has 1 fully saturated rings. The predicted octanol–water partition coefficient (Wildman–Crippen LogP) is -0.471. The largest absolute Gasteiger partial charge is 0.329 e. The van der Waals surface area contributed by atoms with Crippen LogP contribution in [-0.4, -0.2) is 67.6 Å². The maximum atomic E-state index is 12.5. The van der Waals surface area contributed by atoms with E-state index in [1.54, 1.807) is 10.5 Å². The molecule has 2 rings (SSSR count). The van der Waals surface area contributed by atoms with Gasteiger partial charge in [0.15, 0.2) is 0 Å². The van der Waals surface area contributed by atoms with Crippen LogP contribution in [0.25, 0.3) is 0 Å². The zero-order valence-electron chi connectivity index (χ0n) is 11.8. The Morgan fingerprint density at radius 2 is 2.20 bits per heavy atom. The summed E-state index contributed by atoms with van der Waals surface area (Å²) >= 11 is 0. The first-order valence-corrected chi connectivity index (χ1v) is 8.42. The van der Waals surface area contributed by atoms with Gasteiger partial charge in [0, 0.05) is 50.5 Å². The van der Waals surface area contributed by atoms with Crippen LogP contribution in [-0.2, 0) is 16.4 Å². The minimum Gasteiger partial charge on any atom is -0.329 e. The van der Waals surface area contributed by atoms with E-state index < -0.39 is 10.0 Å². The Morgan fingerprint density at radius 3 is 2.85 bits per heavy atom. The summed E-state index contributed by atoms with van der Waals surface area (Å²) in [4.78, 5) is 6.28. The average Bonchev–Trinajstić information content (AvgIpc) is 2.46. The first-order chi connectivity index (χ1) is 9.53. The summed E-state index contributed by atoms with van der Waals surface area (Å²) in [7, 11) is -1.29. The van der Waals surface area contributed by atoms with Crippen molar-refractivity contribution in [3.8, 4) is 0 Å². The van der Waals surface area contributed by atoms with Crippen molar-refractivity contribution in [3.63, 3.8) is 0 Å². The third-order valence-electron chi connectivity index (χ3n) is 3.60. The van der Waals surface area contributed by atoms with Crippen LogP contribution in [0.4, 0.5) is 0 Å². The van der Waals surface area contributed by atoms with Gasteiger partial charge >= 0.3 is 0 Å². The molecule has 1 aliphatic heterocycles. The van der Waals surface area contributed by atoms with Gasteiger partial charge in [0.2, 0.25) is 10.0 Å². The van der Waals surface area contributed by atoms with Gasteiger partial charge in [-0.2, -0.15) is 4.31 Å². The summed E-state index contributed by atoms with van der Waals surface area (Å²) in [6.07, 6.45) is 2.12. The minimum atomic E-state index is -3.28. The van der Waals surface area contributed by atoms with Crippen molar-refractivity contribution in [2.24, 2.45) is 5.73 Å². The molecular weight excluding hydrogens is 276 g/mol. The van der Waals surface area contributed by atoms with Crippen molar-refractivity contribution in [3.05, 3.63) is 30.1 Å². The van der Waals surface area contributed by atoms with E-state index in [2.05, 4.69) is 9.88 Å². The van der Waals surface area contributed by atoms with Crippen LogP contribution in [0, 0.1) is 0 Å². The maximum absolute atomic E-state index is 12.5. The van der Waals surface area contributed by atoms with Crippen LogP contribution in [0.2, 0.25) is 0 Å². The Balaban J connectivity index is 2.02. The van der Waals surface area contributed by atoms with Crippen molar-refractivity contribution in [2.75, 3.05) is 39.0 Å². The number of piperazine rings is 1. The van der Waals surface area contributed by atoms with E-state index in [9.17, 15) is 8.42 Å². The molecule has 20 heavy (non-hydrogen) atoms. The molecule has 7 heteroatoms. The number of sulfonamides is 1. The Bertz CT molecular complexity index is 520. The van der Waals surface area contributed by atoms with E-state index in [1.807, 2.05) is 25.2 Å². The van der Waals surface area contributed by atoms with Gasteiger partial charge in [-0.05, 0) is 19.2 Å². The number of likely N-dealkylation sites (N-methyl/N-ethyl adjacent to an activating group) is 1. The highest BCUT2D eigenvalue weighted by atomic mass is 32.2. The lowest BCUT2D eigenvalue weighted by Crippen LogP contribution is -2.57. The van der Waals surface area contributed by atoms with E-state index in [0.29, 0.717) is 26.1 Å². The molecule has 0 radical (unpaired) electrons. The van der Waals surface area contributed by atoms with Crippen LogP contribution >= 0.6 is 0 Å². The molecule has 0 bridgehead atoms. The molecule has 1 atom stereocenters. The fourth-order valence-corrected chi connectivity index (χ4v) is 4.12. The lowest BCUT2D eigenvalue weighted by Gasteiger charge is -2.38. The summed E-state index contributed by atoms with van der Waals surface area (Å²) in [5, 5.41) is 0. The zero-order valence-corrected chi connectivity index (χ0v) is 12.6. The molecule has 112 valence electrons. The van der Waals surface area contributed by atoms with Gasteiger partial charge in [-0.15, -0.1) is 0 Å². The molecule has 0 saturated carbocycles. The second kappa shape index (κ2) is 6.62. The number of hydrogen-bond donors (Lipinski definition) is 1. The zero-order chi connectivity index (χ0) is 14.6. The van der Waals surface area contributed by atoms with Crippen LogP contribution in [0.5, 0.6) is 0 Å². The third kappa shape index (κ3) is 3.76.